The Morgan fingerprint density at radius 2 is 2.16 bits per heavy atom. The van der Waals surface area contributed by atoms with Crippen LogP contribution in [0.3, 0.4) is 0 Å². The average molecular weight is 348 g/mol. The van der Waals surface area contributed by atoms with Gasteiger partial charge in [-0.2, -0.15) is 0 Å². The third-order valence-corrected chi connectivity index (χ3v) is 4.39. The van der Waals surface area contributed by atoms with Gasteiger partial charge in [-0.15, -0.1) is 0 Å². The lowest BCUT2D eigenvalue weighted by atomic mass is 10.0. The van der Waals surface area contributed by atoms with Crippen LogP contribution in [-0.2, 0) is 17.8 Å². The first-order valence-electron chi connectivity index (χ1n) is 8.02. The fourth-order valence-electron chi connectivity index (χ4n) is 3.01. The predicted molar refractivity (Wildman–Crippen MR) is 87.1 cm³/mol. The standard InChI is InChI=1S/C16H20N4O5/c1-9-5-20(16(24)17-15(9)23)8-14(22)19-6-11(13(21)7-19)4-12-3-10(2)18-25-12/h3,5,11,13,21H,4,6-8H2,1-2H3,(H,17,23,24)/t11-,13-/m1/s1. The largest absolute Gasteiger partial charge is 0.391 e. The Hall–Kier alpha value is -2.68. The Kier molecular flexibility index (Phi) is 4.58. The number of β-amino-alcohol motifs (C(OH)–C–C–N with tert-alkyl or cyclic N) is 1. The summed E-state index contributed by atoms with van der Waals surface area (Å²) in [5, 5.41) is 14.0. The highest BCUT2D eigenvalue weighted by Gasteiger charge is 2.34. The third kappa shape index (κ3) is 3.71. The zero-order valence-corrected chi connectivity index (χ0v) is 14.1. The lowest BCUT2D eigenvalue weighted by Crippen LogP contribution is -2.38. The van der Waals surface area contributed by atoms with Gasteiger partial charge in [0.05, 0.1) is 11.8 Å². The van der Waals surface area contributed by atoms with Crippen molar-refractivity contribution in [2.45, 2.75) is 32.9 Å². The maximum Gasteiger partial charge on any atom is 0.328 e. The van der Waals surface area contributed by atoms with E-state index in [1.54, 1.807) is 13.0 Å². The van der Waals surface area contributed by atoms with E-state index in [1.807, 2.05) is 6.92 Å². The number of likely N-dealkylation sites (tertiary alicyclic amines) is 1. The summed E-state index contributed by atoms with van der Waals surface area (Å²) in [6, 6.07) is 1.81. The Balaban J connectivity index is 1.66. The summed E-state index contributed by atoms with van der Waals surface area (Å²) in [6.07, 6.45) is 1.19. The number of aromatic amines is 1. The van der Waals surface area contributed by atoms with Gasteiger partial charge >= 0.3 is 5.69 Å². The summed E-state index contributed by atoms with van der Waals surface area (Å²) in [4.78, 5) is 39.3. The van der Waals surface area contributed by atoms with E-state index in [2.05, 4.69) is 10.1 Å². The Labute approximate surface area is 142 Å². The molecule has 134 valence electrons. The molecule has 0 aliphatic carbocycles. The third-order valence-electron chi connectivity index (χ3n) is 4.39. The Morgan fingerprint density at radius 3 is 2.84 bits per heavy atom. The molecule has 1 fully saturated rings. The van der Waals surface area contributed by atoms with Crippen molar-refractivity contribution in [2.24, 2.45) is 5.92 Å². The highest BCUT2D eigenvalue weighted by Crippen LogP contribution is 2.22. The second kappa shape index (κ2) is 6.67. The van der Waals surface area contributed by atoms with E-state index in [9.17, 15) is 19.5 Å². The average Bonchev–Trinajstić information content (AvgIpc) is 3.11. The van der Waals surface area contributed by atoms with Gasteiger partial charge in [-0.3, -0.25) is 19.1 Å². The Morgan fingerprint density at radius 1 is 1.40 bits per heavy atom. The summed E-state index contributed by atoms with van der Waals surface area (Å²) < 4.78 is 6.33. The normalized spacial score (nSPS) is 20.2. The first kappa shape index (κ1) is 17.2. The van der Waals surface area contributed by atoms with Crippen LogP contribution in [-0.4, -0.2) is 49.8 Å². The molecule has 1 saturated heterocycles. The van der Waals surface area contributed by atoms with Gasteiger partial charge in [0.2, 0.25) is 5.91 Å². The molecule has 25 heavy (non-hydrogen) atoms. The van der Waals surface area contributed by atoms with Crippen LogP contribution in [0.2, 0.25) is 0 Å². The smallest absolute Gasteiger partial charge is 0.328 e. The molecule has 9 nitrogen and oxygen atoms in total. The van der Waals surface area contributed by atoms with Crippen LogP contribution in [0.25, 0.3) is 0 Å². The molecule has 0 spiro atoms. The van der Waals surface area contributed by atoms with Crippen molar-refractivity contribution in [2.75, 3.05) is 13.1 Å². The molecule has 1 aliphatic heterocycles. The molecule has 0 saturated carbocycles. The fraction of sp³-hybridized carbons (Fsp3) is 0.500. The van der Waals surface area contributed by atoms with E-state index in [4.69, 9.17) is 4.52 Å². The molecule has 3 rings (SSSR count). The first-order chi connectivity index (χ1) is 11.8. The number of hydrogen-bond donors (Lipinski definition) is 2. The monoisotopic (exact) mass is 348 g/mol. The second-order valence-electron chi connectivity index (χ2n) is 6.46. The molecule has 2 atom stereocenters. The number of aromatic nitrogens is 3. The van der Waals surface area contributed by atoms with Gasteiger partial charge < -0.3 is 14.5 Å². The van der Waals surface area contributed by atoms with Gasteiger partial charge in [0.15, 0.2) is 0 Å². The van der Waals surface area contributed by atoms with E-state index in [1.165, 1.54) is 15.7 Å². The van der Waals surface area contributed by atoms with E-state index in [0.29, 0.717) is 24.3 Å². The lowest BCUT2D eigenvalue weighted by molar-refractivity contribution is -0.131. The SMILES string of the molecule is Cc1cc(C[C@@H]2CN(C(=O)Cn3cc(C)c(=O)[nH]c3=O)C[C@H]2O)on1. The molecular formula is C16H20N4O5. The molecule has 1 amide bonds. The van der Waals surface area contributed by atoms with Gasteiger partial charge in [-0.1, -0.05) is 5.16 Å². The molecule has 1 aliphatic rings. The van der Waals surface area contributed by atoms with Gasteiger partial charge in [-0.05, 0) is 13.8 Å². The number of nitrogens with zero attached hydrogens (tertiary/aromatic N) is 3. The number of amides is 1. The van der Waals surface area contributed by atoms with Crippen LogP contribution >= 0.6 is 0 Å². The summed E-state index contributed by atoms with van der Waals surface area (Å²) in [5.41, 5.74) is 0.0285. The summed E-state index contributed by atoms with van der Waals surface area (Å²) in [6.45, 7) is 3.77. The van der Waals surface area contributed by atoms with Crippen LogP contribution in [0.15, 0.2) is 26.4 Å². The van der Waals surface area contributed by atoms with Crippen molar-refractivity contribution in [3.63, 3.8) is 0 Å². The zero-order chi connectivity index (χ0) is 18.1. The molecule has 0 radical (unpaired) electrons. The van der Waals surface area contributed by atoms with Gasteiger partial charge in [0.1, 0.15) is 12.3 Å². The zero-order valence-electron chi connectivity index (χ0n) is 14.1. The number of carbonyl (C=O) groups excluding carboxylic acids is 1. The minimum atomic E-state index is -0.664. The summed E-state index contributed by atoms with van der Waals surface area (Å²) in [7, 11) is 0. The number of aryl methyl sites for hydroxylation is 2. The van der Waals surface area contributed by atoms with Crippen molar-refractivity contribution >= 4 is 5.91 Å². The van der Waals surface area contributed by atoms with Crippen molar-refractivity contribution in [3.05, 3.63) is 50.1 Å². The second-order valence-corrected chi connectivity index (χ2v) is 6.46. The quantitative estimate of drug-likeness (QED) is 0.746. The summed E-state index contributed by atoms with van der Waals surface area (Å²) >= 11 is 0. The number of rotatable bonds is 4. The summed E-state index contributed by atoms with van der Waals surface area (Å²) in [5.74, 6) is 0.234. The van der Waals surface area contributed by atoms with Crippen LogP contribution in [0.4, 0.5) is 0 Å². The molecule has 2 N–H and O–H groups in total. The number of carbonyl (C=O) groups is 1. The predicted octanol–water partition coefficient (Wildman–Crippen LogP) is -0.797. The van der Waals surface area contributed by atoms with Gasteiger partial charge in [0, 0.05) is 43.3 Å². The molecule has 2 aromatic heterocycles. The van der Waals surface area contributed by atoms with Crippen molar-refractivity contribution in [3.8, 4) is 0 Å². The lowest BCUT2D eigenvalue weighted by Gasteiger charge is -2.16. The van der Waals surface area contributed by atoms with Gasteiger partial charge in [0.25, 0.3) is 5.56 Å². The van der Waals surface area contributed by atoms with Crippen LogP contribution in [0.1, 0.15) is 17.0 Å². The molecule has 3 heterocycles. The highest BCUT2D eigenvalue weighted by molar-refractivity contribution is 5.76. The molecule has 0 unspecified atom stereocenters. The topological polar surface area (TPSA) is 121 Å². The molecular weight excluding hydrogens is 328 g/mol. The minimum absolute atomic E-state index is 0.148. The maximum absolute atomic E-state index is 12.4. The Bertz CT molecular complexity index is 896. The number of aliphatic hydroxyl groups is 1. The van der Waals surface area contributed by atoms with E-state index in [-0.39, 0.29) is 24.9 Å². The highest BCUT2D eigenvalue weighted by atomic mass is 16.5. The minimum Gasteiger partial charge on any atom is -0.391 e. The molecule has 0 aromatic carbocycles. The molecule has 0 bridgehead atoms. The van der Waals surface area contributed by atoms with Gasteiger partial charge in [-0.25, -0.2) is 4.79 Å². The first-order valence-corrected chi connectivity index (χ1v) is 8.02. The van der Waals surface area contributed by atoms with Crippen molar-refractivity contribution in [1.29, 1.82) is 0 Å². The van der Waals surface area contributed by atoms with Crippen LogP contribution in [0.5, 0.6) is 0 Å². The van der Waals surface area contributed by atoms with Crippen LogP contribution in [0, 0.1) is 19.8 Å². The van der Waals surface area contributed by atoms with Crippen LogP contribution < -0.4 is 11.2 Å². The number of H-pyrrole nitrogens is 1. The van der Waals surface area contributed by atoms with E-state index < -0.39 is 17.4 Å². The maximum atomic E-state index is 12.4. The van der Waals surface area contributed by atoms with Crippen molar-refractivity contribution in [1.82, 2.24) is 19.6 Å². The molecule has 9 heteroatoms. The number of hydrogen-bond acceptors (Lipinski definition) is 6. The number of aliphatic hydroxyl groups excluding tert-OH is 1. The fourth-order valence-corrected chi connectivity index (χ4v) is 3.01. The molecule has 2 aromatic rings. The van der Waals surface area contributed by atoms with Crippen molar-refractivity contribution < 1.29 is 14.4 Å². The number of nitrogens with one attached hydrogen (secondary N) is 1. The van der Waals surface area contributed by atoms with E-state index in [0.717, 1.165) is 5.69 Å². The van der Waals surface area contributed by atoms with E-state index >= 15 is 0 Å².